The van der Waals surface area contributed by atoms with E-state index < -0.39 is 0 Å². The summed E-state index contributed by atoms with van der Waals surface area (Å²) in [6.07, 6.45) is 0. The summed E-state index contributed by atoms with van der Waals surface area (Å²) in [5.41, 5.74) is 6.60. The lowest BCUT2D eigenvalue weighted by atomic mass is 10.1. The summed E-state index contributed by atoms with van der Waals surface area (Å²) >= 11 is 1.52. The van der Waals surface area contributed by atoms with Gasteiger partial charge in [-0.2, -0.15) is 5.26 Å². The molecule has 2 aromatic rings. The highest BCUT2D eigenvalue weighted by molar-refractivity contribution is 7.14. The van der Waals surface area contributed by atoms with E-state index in [1.807, 2.05) is 35.7 Å². The molecule has 0 saturated carbocycles. The van der Waals surface area contributed by atoms with E-state index in [9.17, 15) is 0 Å². The Morgan fingerprint density at radius 2 is 1.93 bits per heavy atom. The van der Waals surface area contributed by atoms with Crippen LogP contribution in [-0.2, 0) is 0 Å². The van der Waals surface area contributed by atoms with Crippen molar-refractivity contribution in [3.8, 4) is 17.2 Å². The molecule has 1 heterocycles. The molecule has 0 spiro atoms. The number of quaternary nitrogens is 1. The van der Waals surface area contributed by atoms with Crippen molar-refractivity contribution in [1.29, 1.82) is 5.26 Å². The normalized spacial score (nSPS) is 9.71. The molecular weight excluding hydrogens is 192 g/mol. The van der Waals surface area contributed by atoms with E-state index in [0.717, 1.165) is 16.1 Å². The Hall–Kier alpha value is -1.63. The highest BCUT2D eigenvalue weighted by Crippen LogP contribution is 2.31. The molecule has 0 atom stereocenters. The van der Waals surface area contributed by atoms with Crippen molar-refractivity contribution in [3.05, 3.63) is 41.3 Å². The van der Waals surface area contributed by atoms with Crippen LogP contribution in [0.1, 0.15) is 5.56 Å². The Morgan fingerprint density at radius 1 is 1.21 bits per heavy atom. The van der Waals surface area contributed by atoms with Gasteiger partial charge < -0.3 is 5.73 Å². The van der Waals surface area contributed by atoms with Gasteiger partial charge in [-0.3, -0.25) is 0 Å². The molecule has 0 aliphatic heterocycles. The Kier molecular flexibility index (Phi) is 2.32. The maximum absolute atomic E-state index is 8.97. The first-order valence-electron chi connectivity index (χ1n) is 4.22. The lowest BCUT2D eigenvalue weighted by Crippen LogP contribution is -2.39. The third kappa shape index (κ3) is 1.41. The van der Waals surface area contributed by atoms with E-state index in [-0.39, 0.29) is 0 Å². The van der Waals surface area contributed by atoms with Crippen LogP contribution in [-0.4, -0.2) is 0 Å². The van der Waals surface area contributed by atoms with Crippen molar-refractivity contribution in [2.24, 2.45) is 0 Å². The number of rotatable bonds is 1. The fourth-order valence-corrected chi connectivity index (χ4v) is 2.14. The zero-order chi connectivity index (χ0) is 9.97. The van der Waals surface area contributed by atoms with Gasteiger partial charge in [-0.05, 0) is 5.56 Å². The number of hydrogen-bond acceptors (Lipinski definition) is 2. The number of hydrogen-bond donors (Lipinski definition) is 1. The lowest BCUT2D eigenvalue weighted by Gasteiger charge is -1.96. The Morgan fingerprint density at radius 3 is 2.57 bits per heavy atom. The average molecular weight is 201 g/mol. The first-order chi connectivity index (χ1) is 6.83. The molecule has 0 aliphatic carbocycles. The minimum absolute atomic E-state index is 0.696. The van der Waals surface area contributed by atoms with Crippen molar-refractivity contribution in [2.75, 3.05) is 0 Å². The summed E-state index contributed by atoms with van der Waals surface area (Å²) < 4.78 is 0. The SMILES string of the molecule is N#Cc1c(-c2ccccc2)csc1[NH3+]. The molecule has 3 N–H and O–H groups in total. The standard InChI is InChI=1S/C11H8N2S/c12-6-9-10(7-14-11(9)13)8-4-2-1-3-5-8/h1-5,7H,13H2/p+1. The van der Waals surface area contributed by atoms with Crippen LogP contribution in [0.4, 0.5) is 5.00 Å². The summed E-state index contributed by atoms with van der Waals surface area (Å²) in [5.74, 6) is 0. The lowest BCUT2D eigenvalue weighted by molar-refractivity contribution is -0.249. The van der Waals surface area contributed by atoms with Crippen molar-refractivity contribution in [3.63, 3.8) is 0 Å². The van der Waals surface area contributed by atoms with Crippen LogP contribution in [0.3, 0.4) is 0 Å². The second-order valence-corrected chi connectivity index (χ2v) is 3.89. The van der Waals surface area contributed by atoms with E-state index in [4.69, 9.17) is 5.26 Å². The van der Waals surface area contributed by atoms with Crippen molar-refractivity contribution in [1.82, 2.24) is 0 Å². The van der Waals surface area contributed by atoms with Gasteiger partial charge in [-0.1, -0.05) is 41.7 Å². The number of thiophene rings is 1. The van der Waals surface area contributed by atoms with Gasteiger partial charge in [0.1, 0.15) is 11.6 Å². The van der Waals surface area contributed by atoms with Gasteiger partial charge in [-0.15, -0.1) is 0 Å². The highest BCUT2D eigenvalue weighted by Gasteiger charge is 2.12. The molecule has 68 valence electrons. The van der Waals surface area contributed by atoms with Crippen LogP contribution in [0.5, 0.6) is 0 Å². The van der Waals surface area contributed by atoms with E-state index >= 15 is 0 Å². The van der Waals surface area contributed by atoms with Gasteiger partial charge in [0.05, 0.1) is 0 Å². The van der Waals surface area contributed by atoms with E-state index in [2.05, 4.69) is 11.8 Å². The molecule has 2 nitrogen and oxygen atoms in total. The van der Waals surface area contributed by atoms with Crippen LogP contribution >= 0.6 is 11.3 Å². The second kappa shape index (κ2) is 3.62. The monoisotopic (exact) mass is 201 g/mol. The van der Waals surface area contributed by atoms with Crippen LogP contribution in [0, 0.1) is 11.3 Å². The third-order valence-electron chi connectivity index (χ3n) is 2.06. The molecule has 3 heteroatoms. The summed E-state index contributed by atoms with van der Waals surface area (Å²) in [6.45, 7) is 0. The molecule has 0 radical (unpaired) electrons. The minimum atomic E-state index is 0.696. The maximum atomic E-state index is 8.97. The molecule has 0 amide bonds. The smallest absolute Gasteiger partial charge is 0.202 e. The summed E-state index contributed by atoms with van der Waals surface area (Å²) in [5, 5.41) is 11.8. The molecule has 0 fully saturated rings. The largest absolute Gasteiger partial charge is 0.315 e. The van der Waals surface area contributed by atoms with Crippen LogP contribution < -0.4 is 5.73 Å². The van der Waals surface area contributed by atoms with Gasteiger partial charge in [-0.25, -0.2) is 0 Å². The van der Waals surface area contributed by atoms with Crippen LogP contribution in [0.25, 0.3) is 11.1 Å². The molecule has 0 unspecified atom stereocenters. The van der Waals surface area contributed by atoms with Gasteiger partial charge in [0.25, 0.3) is 0 Å². The average Bonchev–Trinajstić information content (AvgIpc) is 2.61. The van der Waals surface area contributed by atoms with Crippen LogP contribution in [0.15, 0.2) is 35.7 Å². The molecule has 14 heavy (non-hydrogen) atoms. The molecule has 1 aromatic heterocycles. The zero-order valence-corrected chi connectivity index (χ0v) is 8.34. The minimum Gasteiger partial charge on any atom is -0.315 e. The molecule has 0 saturated heterocycles. The summed E-state index contributed by atoms with van der Waals surface area (Å²) in [6, 6.07) is 12.1. The first kappa shape index (κ1) is 8.95. The van der Waals surface area contributed by atoms with Gasteiger partial charge in [0, 0.05) is 10.9 Å². The highest BCUT2D eigenvalue weighted by atomic mass is 32.1. The maximum Gasteiger partial charge on any atom is 0.202 e. The van der Waals surface area contributed by atoms with E-state index in [0.29, 0.717) is 5.56 Å². The number of nitrogens with zero attached hydrogens (tertiary/aromatic N) is 1. The van der Waals surface area contributed by atoms with Crippen molar-refractivity contribution < 1.29 is 5.73 Å². The predicted molar refractivity (Wildman–Crippen MR) is 57.0 cm³/mol. The Bertz CT molecular complexity index is 480. The predicted octanol–water partition coefficient (Wildman–Crippen LogP) is 2.16. The van der Waals surface area contributed by atoms with E-state index in [1.54, 1.807) is 0 Å². The fraction of sp³-hybridized carbons (Fsp3) is 0. The molecular formula is C11H9N2S+. The fourth-order valence-electron chi connectivity index (χ4n) is 1.35. The van der Waals surface area contributed by atoms with Crippen molar-refractivity contribution >= 4 is 16.3 Å². The topological polar surface area (TPSA) is 51.4 Å². The van der Waals surface area contributed by atoms with Gasteiger partial charge >= 0.3 is 0 Å². The molecule has 0 bridgehead atoms. The Balaban J connectivity index is 2.59. The molecule has 0 aliphatic rings. The second-order valence-electron chi connectivity index (χ2n) is 2.93. The van der Waals surface area contributed by atoms with Gasteiger partial charge in [0.15, 0.2) is 0 Å². The first-order valence-corrected chi connectivity index (χ1v) is 5.10. The van der Waals surface area contributed by atoms with Crippen molar-refractivity contribution in [2.45, 2.75) is 0 Å². The summed E-state index contributed by atoms with van der Waals surface area (Å²) in [4.78, 5) is 0. The van der Waals surface area contributed by atoms with E-state index in [1.165, 1.54) is 11.3 Å². The van der Waals surface area contributed by atoms with Gasteiger partial charge in [0.2, 0.25) is 5.00 Å². The third-order valence-corrected chi connectivity index (χ3v) is 2.91. The quantitative estimate of drug-likeness (QED) is 0.755. The van der Waals surface area contributed by atoms with Crippen LogP contribution in [0.2, 0.25) is 0 Å². The number of nitriles is 1. The molecule has 1 aromatic carbocycles. The molecule has 2 rings (SSSR count). The number of benzene rings is 1. The zero-order valence-electron chi connectivity index (χ0n) is 7.53. The Labute approximate surface area is 86.2 Å². The summed E-state index contributed by atoms with van der Waals surface area (Å²) in [7, 11) is 0.